The van der Waals surface area contributed by atoms with Crippen LogP contribution >= 0.6 is 0 Å². The summed E-state index contributed by atoms with van der Waals surface area (Å²) in [6, 6.07) is -0.187. The average molecular weight is 183 g/mol. The van der Waals surface area contributed by atoms with Gasteiger partial charge in [-0.25, -0.2) is 0 Å². The molecule has 1 unspecified atom stereocenters. The van der Waals surface area contributed by atoms with Gasteiger partial charge in [0.1, 0.15) is 6.04 Å². The van der Waals surface area contributed by atoms with E-state index >= 15 is 0 Å². The van der Waals surface area contributed by atoms with Crippen molar-refractivity contribution in [2.75, 3.05) is 13.1 Å². The van der Waals surface area contributed by atoms with Crippen molar-refractivity contribution >= 4 is 5.97 Å². The summed E-state index contributed by atoms with van der Waals surface area (Å²) < 4.78 is 0. The molecule has 1 saturated carbocycles. The van der Waals surface area contributed by atoms with Crippen molar-refractivity contribution in [1.29, 1.82) is 0 Å². The van der Waals surface area contributed by atoms with Gasteiger partial charge in [0.15, 0.2) is 0 Å². The van der Waals surface area contributed by atoms with Crippen LogP contribution in [0.1, 0.15) is 26.7 Å². The lowest BCUT2D eigenvalue weighted by molar-refractivity contribution is -0.149. The van der Waals surface area contributed by atoms with Crippen LogP contribution in [0.25, 0.3) is 0 Å². The van der Waals surface area contributed by atoms with E-state index in [4.69, 9.17) is 5.11 Å². The summed E-state index contributed by atoms with van der Waals surface area (Å²) in [4.78, 5) is 13.1. The lowest BCUT2D eigenvalue weighted by atomic mass is 9.82. The molecule has 1 aliphatic heterocycles. The predicted molar refractivity (Wildman–Crippen MR) is 49.5 cm³/mol. The van der Waals surface area contributed by atoms with Gasteiger partial charge in [-0.3, -0.25) is 9.69 Å². The Kier molecular flexibility index (Phi) is 1.88. The van der Waals surface area contributed by atoms with Gasteiger partial charge in [0.05, 0.1) is 0 Å². The maximum atomic E-state index is 11.0. The van der Waals surface area contributed by atoms with Crippen molar-refractivity contribution in [2.24, 2.45) is 11.3 Å². The van der Waals surface area contributed by atoms with Gasteiger partial charge in [0.2, 0.25) is 0 Å². The highest BCUT2D eigenvalue weighted by Gasteiger charge is 2.47. The molecule has 3 nitrogen and oxygen atoms in total. The highest BCUT2D eigenvalue weighted by Crippen LogP contribution is 2.40. The number of hydrogen-bond donors (Lipinski definition) is 1. The van der Waals surface area contributed by atoms with Gasteiger partial charge in [-0.1, -0.05) is 13.8 Å². The molecule has 1 atom stereocenters. The second-order valence-electron chi connectivity index (χ2n) is 5.19. The first kappa shape index (κ1) is 9.00. The Morgan fingerprint density at radius 1 is 1.46 bits per heavy atom. The fourth-order valence-electron chi connectivity index (χ4n) is 2.32. The van der Waals surface area contributed by atoms with Crippen LogP contribution in [0.4, 0.5) is 0 Å². The summed E-state index contributed by atoms with van der Waals surface area (Å²) in [5.74, 6) is -0.188. The standard InChI is InChI=1S/C10H17NO2/c1-10(2)5-11(6-10)8(9(12)13)7-3-4-7/h7-8H,3-6H2,1-2H3,(H,12,13). The Labute approximate surface area is 78.7 Å². The molecule has 2 fully saturated rings. The first-order valence-electron chi connectivity index (χ1n) is 4.96. The second-order valence-corrected chi connectivity index (χ2v) is 5.19. The molecule has 2 rings (SSSR count). The molecule has 1 heterocycles. The van der Waals surface area contributed by atoms with Crippen LogP contribution in [0, 0.1) is 11.3 Å². The van der Waals surface area contributed by atoms with Crippen molar-refractivity contribution in [1.82, 2.24) is 4.90 Å². The van der Waals surface area contributed by atoms with Gasteiger partial charge >= 0.3 is 5.97 Å². The molecule has 0 aromatic carbocycles. The molecule has 1 aliphatic carbocycles. The number of aliphatic carboxylic acids is 1. The van der Waals surface area contributed by atoms with E-state index in [1.807, 2.05) is 0 Å². The van der Waals surface area contributed by atoms with Gasteiger partial charge in [0.25, 0.3) is 0 Å². The van der Waals surface area contributed by atoms with Crippen molar-refractivity contribution in [3.63, 3.8) is 0 Å². The van der Waals surface area contributed by atoms with Crippen LogP contribution < -0.4 is 0 Å². The van der Waals surface area contributed by atoms with Gasteiger partial charge in [-0.05, 0) is 24.2 Å². The minimum atomic E-state index is -0.627. The van der Waals surface area contributed by atoms with E-state index in [1.54, 1.807) is 0 Å². The Morgan fingerprint density at radius 2 is 2.00 bits per heavy atom. The Morgan fingerprint density at radius 3 is 2.31 bits per heavy atom. The number of carboxylic acids is 1. The molecule has 1 saturated heterocycles. The van der Waals surface area contributed by atoms with Crippen molar-refractivity contribution in [3.05, 3.63) is 0 Å². The molecular weight excluding hydrogens is 166 g/mol. The maximum absolute atomic E-state index is 11.0. The topological polar surface area (TPSA) is 40.5 Å². The van der Waals surface area contributed by atoms with E-state index in [2.05, 4.69) is 18.7 Å². The summed E-state index contributed by atoms with van der Waals surface area (Å²) in [6.07, 6.45) is 2.21. The Hall–Kier alpha value is -0.570. The monoisotopic (exact) mass is 183 g/mol. The molecule has 0 amide bonds. The lowest BCUT2D eigenvalue weighted by Crippen LogP contribution is -2.59. The molecule has 13 heavy (non-hydrogen) atoms. The molecule has 74 valence electrons. The van der Waals surface area contributed by atoms with Crippen molar-refractivity contribution < 1.29 is 9.90 Å². The van der Waals surface area contributed by atoms with E-state index in [0.29, 0.717) is 11.3 Å². The van der Waals surface area contributed by atoms with E-state index in [0.717, 1.165) is 25.9 Å². The number of rotatable bonds is 3. The normalized spacial score (nSPS) is 29.4. The summed E-state index contributed by atoms with van der Waals surface area (Å²) >= 11 is 0. The van der Waals surface area contributed by atoms with Crippen LogP contribution in [0.2, 0.25) is 0 Å². The average Bonchev–Trinajstić information content (AvgIpc) is 2.66. The SMILES string of the molecule is CC1(C)CN(C(C(=O)O)C2CC2)C1. The Balaban J connectivity index is 1.94. The number of carbonyl (C=O) groups is 1. The predicted octanol–water partition coefficient (Wildman–Crippen LogP) is 1.19. The fourth-order valence-corrected chi connectivity index (χ4v) is 2.32. The quantitative estimate of drug-likeness (QED) is 0.714. The van der Waals surface area contributed by atoms with Gasteiger partial charge < -0.3 is 5.11 Å². The summed E-state index contributed by atoms with van der Waals surface area (Å²) in [7, 11) is 0. The second kappa shape index (κ2) is 2.71. The first-order valence-corrected chi connectivity index (χ1v) is 4.96. The molecule has 1 N–H and O–H groups in total. The molecular formula is C10H17NO2. The van der Waals surface area contributed by atoms with E-state index in [1.165, 1.54) is 0 Å². The zero-order valence-corrected chi connectivity index (χ0v) is 8.29. The summed E-state index contributed by atoms with van der Waals surface area (Å²) in [6.45, 7) is 6.27. The van der Waals surface area contributed by atoms with Crippen LogP contribution in [-0.2, 0) is 4.79 Å². The highest BCUT2D eigenvalue weighted by atomic mass is 16.4. The molecule has 3 heteroatoms. The summed E-state index contributed by atoms with van der Waals surface area (Å²) in [5.41, 5.74) is 0.336. The molecule has 0 radical (unpaired) electrons. The zero-order valence-electron chi connectivity index (χ0n) is 8.29. The lowest BCUT2D eigenvalue weighted by Gasteiger charge is -2.48. The van der Waals surface area contributed by atoms with Crippen molar-refractivity contribution in [2.45, 2.75) is 32.7 Å². The number of likely N-dealkylation sites (tertiary alicyclic amines) is 1. The molecule has 2 aliphatic rings. The molecule has 0 bridgehead atoms. The van der Waals surface area contributed by atoms with Gasteiger partial charge in [0, 0.05) is 13.1 Å². The van der Waals surface area contributed by atoms with Crippen LogP contribution in [0.15, 0.2) is 0 Å². The Bertz CT molecular complexity index is 225. The first-order chi connectivity index (χ1) is 5.99. The largest absolute Gasteiger partial charge is 0.480 e. The molecule has 0 spiro atoms. The fraction of sp³-hybridized carbons (Fsp3) is 0.900. The van der Waals surface area contributed by atoms with E-state index in [-0.39, 0.29) is 6.04 Å². The zero-order chi connectivity index (χ0) is 9.64. The van der Waals surface area contributed by atoms with E-state index < -0.39 is 5.97 Å². The number of carboxylic acid groups (broad SMARTS) is 1. The van der Waals surface area contributed by atoms with Gasteiger partial charge in [-0.2, -0.15) is 0 Å². The van der Waals surface area contributed by atoms with E-state index in [9.17, 15) is 4.79 Å². The van der Waals surface area contributed by atoms with Crippen LogP contribution in [0.5, 0.6) is 0 Å². The minimum absolute atomic E-state index is 0.187. The minimum Gasteiger partial charge on any atom is -0.480 e. The third kappa shape index (κ3) is 1.70. The third-order valence-electron chi connectivity index (χ3n) is 2.98. The molecule has 0 aromatic heterocycles. The smallest absolute Gasteiger partial charge is 0.321 e. The number of nitrogens with zero attached hydrogens (tertiary/aromatic N) is 1. The maximum Gasteiger partial charge on any atom is 0.321 e. The van der Waals surface area contributed by atoms with Gasteiger partial charge in [-0.15, -0.1) is 0 Å². The summed E-state index contributed by atoms with van der Waals surface area (Å²) in [5, 5.41) is 9.05. The van der Waals surface area contributed by atoms with Crippen LogP contribution in [0.3, 0.4) is 0 Å². The van der Waals surface area contributed by atoms with Crippen molar-refractivity contribution in [3.8, 4) is 0 Å². The highest BCUT2D eigenvalue weighted by molar-refractivity contribution is 5.74. The van der Waals surface area contributed by atoms with Crippen LogP contribution in [-0.4, -0.2) is 35.1 Å². The molecule has 0 aromatic rings. The third-order valence-corrected chi connectivity index (χ3v) is 2.98. The number of hydrogen-bond acceptors (Lipinski definition) is 2.